The van der Waals surface area contributed by atoms with E-state index in [0.29, 0.717) is 0 Å². The predicted octanol–water partition coefficient (Wildman–Crippen LogP) is 6.85. The number of rotatable bonds is 4. The standard InChI is InChI=1S/C26H18BF14P/c1-25(2,3)42(26(4,5)6)24-22(40)14(32)9(15(33)23(24)41)27(7-10(28)16(34)20(38)17(35)11(7)29)8-12(30)18(36)21(39)19(37)13(8)31/h1-6H3. The number of hydrogen-bond donors (Lipinski definition) is 0. The average Bonchev–Trinajstić information content (AvgIpc) is 2.88. The Hall–Kier alpha value is -2.83. The first kappa shape index (κ1) is 33.7. The molecule has 0 aromatic heterocycles. The highest BCUT2D eigenvalue weighted by Crippen LogP contribution is 2.59. The van der Waals surface area contributed by atoms with E-state index in [1.165, 1.54) is 41.5 Å². The highest BCUT2D eigenvalue weighted by molar-refractivity contribution is 7.68. The molecule has 16 heteroatoms. The Morgan fingerprint density at radius 2 is 0.524 bits per heavy atom. The first-order valence-electron chi connectivity index (χ1n) is 11.7. The van der Waals surface area contributed by atoms with Gasteiger partial charge in [-0.3, -0.25) is 0 Å². The van der Waals surface area contributed by atoms with Crippen molar-refractivity contribution in [3.05, 3.63) is 81.4 Å². The molecular weight excluding hydrogens is 620 g/mol. The maximum atomic E-state index is 15.8. The first-order valence-corrected chi connectivity index (χ1v) is 13.0. The lowest BCUT2D eigenvalue weighted by Crippen LogP contribution is -2.61. The highest BCUT2D eigenvalue weighted by atomic mass is 31.1. The predicted molar refractivity (Wildman–Crippen MR) is 129 cm³/mol. The summed E-state index contributed by atoms with van der Waals surface area (Å²) in [5, 5.41) is -3.46. The van der Waals surface area contributed by atoms with Crippen LogP contribution in [0.25, 0.3) is 0 Å². The fraction of sp³-hybridized carbons (Fsp3) is 0.308. The highest BCUT2D eigenvalue weighted by Gasteiger charge is 2.47. The minimum Gasteiger partial charge on any atom is -0.204 e. The van der Waals surface area contributed by atoms with Crippen molar-refractivity contribution < 1.29 is 61.5 Å². The van der Waals surface area contributed by atoms with Crippen molar-refractivity contribution in [1.82, 2.24) is 0 Å². The fourth-order valence-corrected chi connectivity index (χ4v) is 8.89. The lowest BCUT2D eigenvalue weighted by Gasteiger charge is -2.42. The molecule has 0 nitrogen and oxygen atoms in total. The van der Waals surface area contributed by atoms with Gasteiger partial charge in [0.2, 0.25) is 0 Å². The van der Waals surface area contributed by atoms with Crippen LogP contribution in [-0.4, -0.2) is 17.0 Å². The molecule has 0 saturated heterocycles. The Labute approximate surface area is 231 Å². The Kier molecular flexibility index (Phi) is 8.84. The van der Waals surface area contributed by atoms with Gasteiger partial charge in [-0.05, 0) is 10.3 Å². The van der Waals surface area contributed by atoms with Crippen molar-refractivity contribution in [1.29, 1.82) is 0 Å². The molecule has 3 rings (SSSR count). The molecule has 3 aromatic rings. The SMILES string of the molecule is CC(C)(C)P(c1c(F)c(F)c(B(c2c(F)c(F)c(F)c(F)c2F)c2c(F)c(F)c(F)c(F)c2F)c(F)c1F)C(C)(C)C. The van der Waals surface area contributed by atoms with Crippen LogP contribution in [-0.2, 0) is 0 Å². The van der Waals surface area contributed by atoms with Crippen LogP contribution < -0.4 is 21.7 Å². The molecule has 228 valence electrons. The van der Waals surface area contributed by atoms with E-state index in [4.69, 9.17) is 0 Å². The molecule has 0 atom stereocenters. The van der Waals surface area contributed by atoms with Gasteiger partial charge in [0.1, 0.15) is 0 Å². The summed E-state index contributed by atoms with van der Waals surface area (Å²) in [6.45, 7) is 4.83. The maximum absolute atomic E-state index is 15.8. The smallest absolute Gasteiger partial charge is 0.204 e. The van der Waals surface area contributed by atoms with Crippen LogP contribution in [0.2, 0.25) is 0 Å². The minimum atomic E-state index is -3.83. The second-order valence-electron chi connectivity index (χ2n) is 11.1. The zero-order chi connectivity index (χ0) is 32.5. The zero-order valence-electron chi connectivity index (χ0n) is 22.3. The molecule has 42 heavy (non-hydrogen) atoms. The van der Waals surface area contributed by atoms with Gasteiger partial charge >= 0.3 is 0 Å². The Bertz CT molecular complexity index is 1440. The number of benzene rings is 3. The van der Waals surface area contributed by atoms with Crippen LogP contribution in [0.4, 0.5) is 61.5 Å². The lowest BCUT2D eigenvalue weighted by atomic mass is 9.36. The van der Waals surface area contributed by atoms with Gasteiger partial charge in [-0.1, -0.05) is 49.5 Å². The summed E-state index contributed by atoms with van der Waals surface area (Å²) in [5.74, 6) is -39.2. The molecule has 0 fully saturated rings. The number of hydrogen-bond acceptors (Lipinski definition) is 0. The van der Waals surface area contributed by atoms with Crippen molar-refractivity contribution in [2.75, 3.05) is 0 Å². The zero-order valence-corrected chi connectivity index (χ0v) is 23.2. The van der Waals surface area contributed by atoms with Crippen molar-refractivity contribution in [3.8, 4) is 0 Å². The van der Waals surface area contributed by atoms with E-state index in [2.05, 4.69) is 0 Å². The summed E-state index contributed by atoms with van der Waals surface area (Å²) < 4.78 is 206. The third-order valence-electron chi connectivity index (χ3n) is 6.19. The minimum absolute atomic E-state index is 1.11. The van der Waals surface area contributed by atoms with Gasteiger partial charge in [-0.2, -0.15) is 0 Å². The van der Waals surface area contributed by atoms with Gasteiger partial charge in [-0.15, -0.1) is 0 Å². The third kappa shape index (κ3) is 5.15. The Morgan fingerprint density at radius 3 is 0.738 bits per heavy atom. The molecule has 0 N–H and O–H groups in total. The average molecular weight is 638 g/mol. The normalized spacial score (nSPS) is 12.5. The maximum Gasteiger partial charge on any atom is 0.265 e. The molecular formula is C26H18BF14P. The lowest BCUT2D eigenvalue weighted by molar-refractivity contribution is 0.382. The third-order valence-corrected chi connectivity index (χ3v) is 9.72. The number of halogens is 14. The van der Waals surface area contributed by atoms with Crippen LogP contribution in [0.1, 0.15) is 41.5 Å². The summed E-state index contributed by atoms with van der Waals surface area (Å²) in [6.07, 6.45) is 0. The van der Waals surface area contributed by atoms with Gasteiger partial charge in [0, 0.05) is 16.4 Å². The Morgan fingerprint density at radius 1 is 0.333 bits per heavy atom. The summed E-state index contributed by atoms with van der Waals surface area (Å²) in [7, 11) is -2.27. The second-order valence-corrected chi connectivity index (χ2v) is 14.9. The summed E-state index contributed by atoms with van der Waals surface area (Å²) in [6, 6.07) is 0. The first-order chi connectivity index (χ1) is 19.0. The molecule has 0 spiro atoms. The van der Waals surface area contributed by atoms with Crippen LogP contribution in [0, 0.1) is 81.4 Å². The molecule has 0 aliphatic rings. The largest absolute Gasteiger partial charge is 0.265 e. The van der Waals surface area contributed by atoms with E-state index in [1.54, 1.807) is 0 Å². The van der Waals surface area contributed by atoms with Crippen molar-refractivity contribution in [2.24, 2.45) is 0 Å². The molecule has 0 aliphatic heterocycles. The van der Waals surface area contributed by atoms with Crippen molar-refractivity contribution in [2.45, 2.75) is 51.9 Å². The van der Waals surface area contributed by atoms with E-state index in [9.17, 15) is 43.9 Å². The van der Waals surface area contributed by atoms with Gasteiger partial charge in [0.05, 0.1) is 5.30 Å². The topological polar surface area (TPSA) is 0 Å². The second kappa shape index (κ2) is 11.0. The van der Waals surface area contributed by atoms with Crippen LogP contribution in [0.5, 0.6) is 0 Å². The van der Waals surface area contributed by atoms with E-state index < -0.39 is 128 Å². The quantitative estimate of drug-likeness (QED) is 0.0965. The molecule has 0 amide bonds. The van der Waals surface area contributed by atoms with Gasteiger partial charge < -0.3 is 0 Å². The molecule has 0 saturated carbocycles. The summed E-state index contributed by atoms with van der Waals surface area (Å²) in [4.78, 5) is 0. The van der Waals surface area contributed by atoms with E-state index in [0.717, 1.165) is 0 Å². The van der Waals surface area contributed by atoms with Gasteiger partial charge in [-0.25, -0.2) is 61.5 Å². The van der Waals surface area contributed by atoms with Gasteiger partial charge in [0.15, 0.2) is 81.4 Å². The monoisotopic (exact) mass is 638 g/mol. The molecule has 0 bridgehead atoms. The summed E-state index contributed by atoms with van der Waals surface area (Å²) >= 11 is 0. The Balaban J connectivity index is 2.68. The van der Waals surface area contributed by atoms with E-state index >= 15 is 17.6 Å². The molecule has 0 heterocycles. The molecule has 0 unspecified atom stereocenters. The van der Waals surface area contributed by atoms with Crippen LogP contribution in [0.3, 0.4) is 0 Å². The van der Waals surface area contributed by atoms with E-state index in [-0.39, 0.29) is 0 Å². The molecule has 0 aliphatic carbocycles. The van der Waals surface area contributed by atoms with Crippen molar-refractivity contribution in [3.63, 3.8) is 0 Å². The molecule has 3 aromatic carbocycles. The van der Waals surface area contributed by atoms with Crippen LogP contribution in [0.15, 0.2) is 0 Å². The van der Waals surface area contributed by atoms with Gasteiger partial charge in [0.25, 0.3) is 6.71 Å². The fourth-order valence-electron chi connectivity index (χ4n) is 4.95. The van der Waals surface area contributed by atoms with Crippen LogP contribution >= 0.6 is 7.92 Å². The van der Waals surface area contributed by atoms with Crippen molar-refractivity contribution >= 4 is 36.3 Å². The molecule has 0 radical (unpaired) electrons. The summed E-state index contributed by atoms with van der Waals surface area (Å²) in [5.41, 5.74) is -7.52. The van der Waals surface area contributed by atoms with E-state index in [1.807, 2.05) is 0 Å².